The lowest BCUT2D eigenvalue weighted by molar-refractivity contribution is 0.0296. The van der Waals surface area contributed by atoms with Crippen LogP contribution in [-0.4, -0.2) is 25.3 Å². The van der Waals surface area contributed by atoms with E-state index in [9.17, 15) is 0 Å². The van der Waals surface area contributed by atoms with E-state index in [0.29, 0.717) is 12.5 Å². The van der Waals surface area contributed by atoms with Crippen LogP contribution in [0.4, 0.5) is 0 Å². The maximum absolute atomic E-state index is 8.48. The van der Waals surface area contributed by atoms with Crippen molar-refractivity contribution in [3.05, 3.63) is 0 Å². The molecule has 3 nitrogen and oxygen atoms in total. The molecule has 1 aliphatic carbocycles. The molecule has 1 rings (SSSR count). The molecule has 0 aromatic heterocycles. The first-order valence-electron chi connectivity index (χ1n) is 6.05. The third kappa shape index (κ3) is 5.76. The lowest BCUT2D eigenvalue weighted by atomic mass is 9.98. The third-order valence-corrected chi connectivity index (χ3v) is 2.90. The SMILES string of the molecule is CC(CC#N)NCCOC1CCCCC1. The molecule has 1 N–H and O–H groups in total. The lowest BCUT2D eigenvalue weighted by Gasteiger charge is -2.22. The summed E-state index contributed by atoms with van der Waals surface area (Å²) < 4.78 is 5.77. The molecule has 0 amide bonds. The van der Waals surface area contributed by atoms with Crippen molar-refractivity contribution in [2.45, 2.75) is 57.6 Å². The van der Waals surface area contributed by atoms with E-state index < -0.39 is 0 Å². The first-order chi connectivity index (χ1) is 7.33. The van der Waals surface area contributed by atoms with E-state index in [-0.39, 0.29) is 6.04 Å². The molecule has 3 heteroatoms. The average Bonchev–Trinajstić information content (AvgIpc) is 2.26. The van der Waals surface area contributed by atoms with Gasteiger partial charge in [0.25, 0.3) is 0 Å². The maximum atomic E-state index is 8.48. The van der Waals surface area contributed by atoms with Crippen LogP contribution in [0, 0.1) is 11.3 Å². The van der Waals surface area contributed by atoms with E-state index in [1.54, 1.807) is 0 Å². The summed E-state index contributed by atoms with van der Waals surface area (Å²) in [4.78, 5) is 0. The molecule has 0 heterocycles. The monoisotopic (exact) mass is 210 g/mol. The fourth-order valence-corrected chi connectivity index (χ4v) is 1.97. The quantitative estimate of drug-likeness (QED) is 0.684. The molecule has 86 valence electrons. The highest BCUT2D eigenvalue weighted by molar-refractivity contribution is 4.77. The zero-order valence-electron chi connectivity index (χ0n) is 9.67. The van der Waals surface area contributed by atoms with Gasteiger partial charge in [-0.25, -0.2) is 0 Å². The van der Waals surface area contributed by atoms with Crippen LogP contribution in [0.25, 0.3) is 0 Å². The average molecular weight is 210 g/mol. The topological polar surface area (TPSA) is 45.0 Å². The second-order valence-electron chi connectivity index (χ2n) is 4.35. The van der Waals surface area contributed by atoms with Crippen molar-refractivity contribution in [2.75, 3.05) is 13.2 Å². The van der Waals surface area contributed by atoms with Gasteiger partial charge >= 0.3 is 0 Å². The largest absolute Gasteiger partial charge is 0.377 e. The second kappa shape index (κ2) is 7.67. The Kier molecular flexibility index (Phi) is 6.38. The van der Waals surface area contributed by atoms with Crippen LogP contribution < -0.4 is 5.32 Å². The van der Waals surface area contributed by atoms with Crippen molar-refractivity contribution >= 4 is 0 Å². The van der Waals surface area contributed by atoms with Gasteiger partial charge in [-0.1, -0.05) is 19.3 Å². The third-order valence-electron chi connectivity index (χ3n) is 2.90. The lowest BCUT2D eigenvalue weighted by Crippen LogP contribution is -2.30. The highest BCUT2D eigenvalue weighted by Crippen LogP contribution is 2.19. The minimum atomic E-state index is 0.282. The van der Waals surface area contributed by atoms with E-state index in [0.717, 1.165) is 13.2 Å². The van der Waals surface area contributed by atoms with Crippen molar-refractivity contribution in [3.8, 4) is 6.07 Å². The minimum absolute atomic E-state index is 0.282. The number of ether oxygens (including phenoxy) is 1. The van der Waals surface area contributed by atoms with E-state index in [1.165, 1.54) is 32.1 Å². The first-order valence-corrected chi connectivity index (χ1v) is 6.05. The zero-order valence-corrected chi connectivity index (χ0v) is 9.67. The van der Waals surface area contributed by atoms with Crippen molar-refractivity contribution < 1.29 is 4.74 Å². The molecule has 0 saturated heterocycles. The molecule has 1 saturated carbocycles. The normalized spacial score (nSPS) is 19.7. The highest BCUT2D eigenvalue weighted by atomic mass is 16.5. The number of rotatable bonds is 6. The van der Waals surface area contributed by atoms with Crippen LogP contribution in [0.1, 0.15) is 45.4 Å². The van der Waals surface area contributed by atoms with E-state index in [1.807, 2.05) is 6.92 Å². The van der Waals surface area contributed by atoms with Gasteiger partial charge in [-0.05, 0) is 19.8 Å². The van der Waals surface area contributed by atoms with Crippen molar-refractivity contribution in [2.24, 2.45) is 0 Å². The summed E-state index contributed by atoms with van der Waals surface area (Å²) in [5.74, 6) is 0. The Bertz CT molecular complexity index is 194. The van der Waals surface area contributed by atoms with Crippen molar-refractivity contribution in [1.29, 1.82) is 5.26 Å². The van der Waals surface area contributed by atoms with Gasteiger partial charge in [0.15, 0.2) is 0 Å². The summed E-state index contributed by atoms with van der Waals surface area (Å²) in [6, 6.07) is 2.44. The second-order valence-corrected chi connectivity index (χ2v) is 4.35. The van der Waals surface area contributed by atoms with Crippen LogP contribution in [-0.2, 0) is 4.74 Å². The number of hydrogen-bond acceptors (Lipinski definition) is 3. The first kappa shape index (κ1) is 12.5. The van der Waals surface area contributed by atoms with Crippen LogP contribution in [0.3, 0.4) is 0 Å². The summed E-state index contributed by atoms with van der Waals surface area (Å²) >= 11 is 0. The molecule has 1 fully saturated rings. The molecule has 1 atom stereocenters. The van der Waals surface area contributed by atoms with Crippen molar-refractivity contribution in [3.63, 3.8) is 0 Å². The van der Waals surface area contributed by atoms with Crippen LogP contribution in [0.2, 0.25) is 0 Å². The van der Waals surface area contributed by atoms with Gasteiger partial charge in [0.1, 0.15) is 0 Å². The Morgan fingerprint density at radius 3 is 2.80 bits per heavy atom. The van der Waals surface area contributed by atoms with Gasteiger partial charge in [-0.3, -0.25) is 0 Å². The van der Waals surface area contributed by atoms with Gasteiger partial charge in [0.2, 0.25) is 0 Å². The fraction of sp³-hybridized carbons (Fsp3) is 0.917. The maximum Gasteiger partial charge on any atom is 0.0638 e. The smallest absolute Gasteiger partial charge is 0.0638 e. The number of nitriles is 1. The summed E-state index contributed by atoms with van der Waals surface area (Å²) in [6.07, 6.45) is 7.54. The Labute approximate surface area is 92.8 Å². The molecular weight excluding hydrogens is 188 g/mol. The molecule has 0 radical (unpaired) electrons. The molecular formula is C12H22N2O. The Balaban J connectivity index is 1.94. The number of nitrogens with one attached hydrogen (secondary N) is 1. The molecule has 0 aromatic carbocycles. The van der Waals surface area contributed by atoms with E-state index in [4.69, 9.17) is 10.00 Å². The number of hydrogen-bond donors (Lipinski definition) is 1. The van der Waals surface area contributed by atoms with Crippen molar-refractivity contribution in [1.82, 2.24) is 5.32 Å². The minimum Gasteiger partial charge on any atom is -0.377 e. The summed E-state index contributed by atoms with van der Waals surface area (Å²) in [7, 11) is 0. The molecule has 15 heavy (non-hydrogen) atoms. The van der Waals surface area contributed by atoms with Gasteiger partial charge < -0.3 is 10.1 Å². The Morgan fingerprint density at radius 2 is 2.13 bits per heavy atom. The molecule has 0 spiro atoms. The zero-order chi connectivity index (χ0) is 10.9. The van der Waals surface area contributed by atoms with Crippen LogP contribution >= 0.6 is 0 Å². The van der Waals surface area contributed by atoms with Gasteiger partial charge in [-0.2, -0.15) is 5.26 Å². The van der Waals surface area contributed by atoms with Crippen LogP contribution in [0.15, 0.2) is 0 Å². The highest BCUT2D eigenvalue weighted by Gasteiger charge is 2.13. The Hall–Kier alpha value is -0.590. The fourth-order valence-electron chi connectivity index (χ4n) is 1.97. The van der Waals surface area contributed by atoms with Gasteiger partial charge in [0, 0.05) is 12.6 Å². The van der Waals surface area contributed by atoms with Gasteiger partial charge in [0.05, 0.1) is 25.2 Å². The number of nitrogens with zero attached hydrogens (tertiary/aromatic N) is 1. The summed E-state index contributed by atoms with van der Waals surface area (Å²) in [5.41, 5.74) is 0. The molecule has 1 aliphatic rings. The Morgan fingerprint density at radius 1 is 1.40 bits per heavy atom. The molecule has 0 aromatic rings. The van der Waals surface area contributed by atoms with Gasteiger partial charge in [-0.15, -0.1) is 0 Å². The predicted octanol–water partition coefficient (Wildman–Crippen LogP) is 2.23. The molecule has 1 unspecified atom stereocenters. The van der Waals surface area contributed by atoms with E-state index >= 15 is 0 Å². The summed E-state index contributed by atoms with van der Waals surface area (Å²) in [6.45, 7) is 3.67. The predicted molar refractivity (Wildman–Crippen MR) is 60.5 cm³/mol. The van der Waals surface area contributed by atoms with Crippen LogP contribution in [0.5, 0.6) is 0 Å². The summed E-state index contributed by atoms with van der Waals surface area (Å²) in [5, 5.41) is 11.8. The standard InChI is InChI=1S/C12H22N2O/c1-11(7-8-13)14-9-10-15-12-5-3-2-4-6-12/h11-12,14H,2-7,9-10H2,1H3. The molecule has 0 aliphatic heterocycles. The molecule has 0 bridgehead atoms. The van der Waals surface area contributed by atoms with E-state index in [2.05, 4.69) is 11.4 Å².